The summed E-state index contributed by atoms with van der Waals surface area (Å²) in [5.74, 6) is -0.0186. The molecule has 1 atom stereocenters. The van der Waals surface area contributed by atoms with Crippen molar-refractivity contribution in [2.24, 2.45) is 0 Å². The first-order chi connectivity index (χ1) is 6.20. The van der Waals surface area contributed by atoms with Crippen molar-refractivity contribution in [2.75, 3.05) is 6.61 Å². The molecular weight excluding hydrogens is 166 g/mol. The summed E-state index contributed by atoms with van der Waals surface area (Å²) in [6.45, 7) is 6.27. The van der Waals surface area contributed by atoms with E-state index in [1.54, 1.807) is 0 Å². The van der Waals surface area contributed by atoms with Crippen molar-refractivity contribution in [2.45, 2.75) is 52.7 Å². The number of carbonyl (C=O) groups excluding carboxylic acids is 1. The predicted molar refractivity (Wildman–Crippen MR) is 53.4 cm³/mol. The number of rotatable bonds is 7. The van der Waals surface area contributed by atoms with Crippen molar-refractivity contribution in [3.8, 4) is 0 Å². The average Bonchev–Trinajstić information content (AvgIpc) is 2.04. The molecule has 0 aliphatic carbocycles. The summed E-state index contributed by atoms with van der Waals surface area (Å²) in [5, 5.41) is 2.78. The summed E-state index contributed by atoms with van der Waals surface area (Å²) in [6, 6.07) is 0. The SMILES string of the molecule is CCCCCC(NC(C)=O)OCC. The molecule has 0 aliphatic heterocycles. The maximum atomic E-state index is 10.8. The summed E-state index contributed by atoms with van der Waals surface area (Å²) in [6.07, 6.45) is 4.33. The molecule has 0 bridgehead atoms. The topological polar surface area (TPSA) is 38.3 Å². The van der Waals surface area contributed by atoms with Gasteiger partial charge in [0, 0.05) is 13.5 Å². The van der Waals surface area contributed by atoms with Crippen LogP contribution in [0.25, 0.3) is 0 Å². The molecule has 1 N–H and O–H groups in total. The molecule has 0 aromatic carbocycles. The van der Waals surface area contributed by atoms with Crippen molar-refractivity contribution in [3.05, 3.63) is 0 Å². The minimum Gasteiger partial charge on any atom is -0.359 e. The van der Waals surface area contributed by atoms with E-state index in [2.05, 4.69) is 12.2 Å². The largest absolute Gasteiger partial charge is 0.359 e. The number of unbranched alkanes of at least 4 members (excludes halogenated alkanes) is 2. The lowest BCUT2D eigenvalue weighted by Crippen LogP contribution is -2.35. The normalized spacial score (nSPS) is 12.5. The Kier molecular flexibility index (Phi) is 7.69. The molecule has 0 rings (SSSR count). The van der Waals surface area contributed by atoms with Crippen LogP contribution in [0, 0.1) is 0 Å². The number of hydrogen-bond acceptors (Lipinski definition) is 2. The van der Waals surface area contributed by atoms with Crippen molar-refractivity contribution in [3.63, 3.8) is 0 Å². The van der Waals surface area contributed by atoms with Crippen LogP contribution < -0.4 is 5.32 Å². The fourth-order valence-corrected chi connectivity index (χ4v) is 1.20. The van der Waals surface area contributed by atoms with Gasteiger partial charge in [-0.2, -0.15) is 0 Å². The van der Waals surface area contributed by atoms with E-state index in [0.717, 1.165) is 12.8 Å². The quantitative estimate of drug-likeness (QED) is 0.489. The van der Waals surface area contributed by atoms with Gasteiger partial charge in [-0.25, -0.2) is 0 Å². The molecule has 0 saturated carbocycles. The Balaban J connectivity index is 3.59. The van der Waals surface area contributed by atoms with E-state index in [1.165, 1.54) is 19.8 Å². The molecule has 0 heterocycles. The van der Waals surface area contributed by atoms with Gasteiger partial charge in [0.25, 0.3) is 0 Å². The molecule has 3 nitrogen and oxygen atoms in total. The molecule has 78 valence electrons. The first kappa shape index (κ1) is 12.4. The van der Waals surface area contributed by atoms with Crippen LogP contribution in [0.2, 0.25) is 0 Å². The Morgan fingerprint density at radius 3 is 2.54 bits per heavy atom. The van der Waals surface area contributed by atoms with Crippen molar-refractivity contribution >= 4 is 5.91 Å². The van der Waals surface area contributed by atoms with Gasteiger partial charge in [-0.3, -0.25) is 4.79 Å². The standard InChI is InChI=1S/C10H21NO2/c1-4-6-7-8-10(13-5-2)11-9(3)12/h10H,4-8H2,1-3H3,(H,11,12). The molecule has 1 unspecified atom stereocenters. The number of nitrogens with one attached hydrogen (secondary N) is 1. The van der Waals surface area contributed by atoms with Gasteiger partial charge < -0.3 is 10.1 Å². The van der Waals surface area contributed by atoms with Crippen LogP contribution in [-0.2, 0) is 9.53 Å². The Morgan fingerprint density at radius 2 is 2.08 bits per heavy atom. The van der Waals surface area contributed by atoms with E-state index in [0.29, 0.717) is 6.61 Å². The zero-order valence-electron chi connectivity index (χ0n) is 8.93. The van der Waals surface area contributed by atoms with Crippen LogP contribution in [0.4, 0.5) is 0 Å². The van der Waals surface area contributed by atoms with Gasteiger partial charge in [0.15, 0.2) is 0 Å². The summed E-state index contributed by atoms with van der Waals surface area (Å²) >= 11 is 0. The molecule has 1 amide bonds. The molecule has 0 saturated heterocycles. The lowest BCUT2D eigenvalue weighted by Gasteiger charge is -2.17. The Labute approximate surface area is 80.8 Å². The zero-order chi connectivity index (χ0) is 10.1. The van der Waals surface area contributed by atoms with Gasteiger partial charge in [-0.1, -0.05) is 19.8 Å². The highest BCUT2D eigenvalue weighted by Gasteiger charge is 2.07. The summed E-state index contributed by atoms with van der Waals surface area (Å²) < 4.78 is 5.37. The Bertz CT molecular complexity index is 137. The van der Waals surface area contributed by atoms with E-state index in [9.17, 15) is 4.79 Å². The van der Waals surface area contributed by atoms with Crippen molar-refractivity contribution in [1.29, 1.82) is 0 Å². The van der Waals surface area contributed by atoms with Crippen LogP contribution in [0.15, 0.2) is 0 Å². The van der Waals surface area contributed by atoms with Crippen LogP contribution in [0.1, 0.15) is 46.5 Å². The number of ether oxygens (including phenoxy) is 1. The maximum absolute atomic E-state index is 10.8. The summed E-state index contributed by atoms with van der Waals surface area (Å²) in [4.78, 5) is 10.8. The molecule has 0 radical (unpaired) electrons. The third kappa shape index (κ3) is 7.78. The smallest absolute Gasteiger partial charge is 0.218 e. The van der Waals surface area contributed by atoms with Crippen molar-refractivity contribution in [1.82, 2.24) is 5.32 Å². The molecule has 3 heteroatoms. The Hall–Kier alpha value is -0.570. The molecule has 0 aromatic rings. The van der Waals surface area contributed by atoms with Gasteiger partial charge in [-0.15, -0.1) is 0 Å². The van der Waals surface area contributed by atoms with E-state index in [1.807, 2.05) is 6.92 Å². The molecule has 0 aromatic heterocycles. The highest BCUT2D eigenvalue weighted by atomic mass is 16.5. The molecule has 0 fully saturated rings. The zero-order valence-corrected chi connectivity index (χ0v) is 8.93. The van der Waals surface area contributed by atoms with Gasteiger partial charge in [0.2, 0.25) is 5.91 Å². The maximum Gasteiger partial charge on any atom is 0.218 e. The van der Waals surface area contributed by atoms with Crippen LogP contribution >= 0.6 is 0 Å². The molecule has 0 aliphatic rings. The fraction of sp³-hybridized carbons (Fsp3) is 0.900. The van der Waals surface area contributed by atoms with Gasteiger partial charge in [0.05, 0.1) is 0 Å². The fourth-order valence-electron chi connectivity index (χ4n) is 1.20. The molecular formula is C10H21NO2. The number of carbonyl (C=O) groups is 1. The van der Waals surface area contributed by atoms with Crippen LogP contribution in [0.3, 0.4) is 0 Å². The third-order valence-corrected chi connectivity index (χ3v) is 1.80. The summed E-state index contributed by atoms with van der Waals surface area (Å²) in [5.41, 5.74) is 0. The second-order valence-corrected chi connectivity index (χ2v) is 3.14. The van der Waals surface area contributed by atoms with E-state index in [4.69, 9.17) is 4.74 Å². The third-order valence-electron chi connectivity index (χ3n) is 1.80. The average molecular weight is 187 g/mol. The lowest BCUT2D eigenvalue weighted by molar-refractivity contribution is -0.123. The monoisotopic (exact) mass is 187 g/mol. The highest BCUT2D eigenvalue weighted by molar-refractivity contribution is 5.72. The van der Waals surface area contributed by atoms with Gasteiger partial charge >= 0.3 is 0 Å². The van der Waals surface area contributed by atoms with Crippen LogP contribution in [-0.4, -0.2) is 18.7 Å². The van der Waals surface area contributed by atoms with Crippen molar-refractivity contribution < 1.29 is 9.53 Å². The molecule has 0 spiro atoms. The van der Waals surface area contributed by atoms with Gasteiger partial charge in [-0.05, 0) is 19.8 Å². The second-order valence-electron chi connectivity index (χ2n) is 3.14. The van der Waals surface area contributed by atoms with E-state index >= 15 is 0 Å². The second kappa shape index (κ2) is 8.05. The first-order valence-electron chi connectivity index (χ1n) is 5.09. The minimum atomic E-state index is -0.0888. The predicted octanol–water partition coefficient (Wildman–Crippen LogP) is 2.07. The first-order valence-corrected chi connectivity index (χ1v) is 5.09. The Morgan fingerprint density at radius 1 is 1.38 bits per heavy atom. The van der Waals surface area contributed by atoms with E-state index < -0.39 is 0 Å². The lowest BCUT2D eigenvalue weighted by atomic mass is 10.2. The molecule has 13 heavy (non-hydrogen) atoms. The summed E-state index contributed by atoms with van der Waals surface area (Å²) in [7, 11) is 0. The van der Waals surface area contributed by atoms with Crippen LogP contribution in [0.5, 0.6) is 0 Å². The van der Waals surface area contributed by atoms with Gasteiger partial charge in [0.1, 0.15) is 6.23 Å². The number of hydrogen-bond donors (Lipinski definition) is 1. The minimum absolute atomic E-state index is 0.0186. The highest BCUT2D eigenvalue weighted by Crippen LogP contribution is 2.04. The number of amides is 1. The van der Waals surface area contributed by atoms with E-state index in [-0.39, 0.29) is 12.1 Å².